The Bertz CT molecular complexity index is 1580. The van der Waals surface area contributed by atoms with Gasteiger partial charge in [-0.1, -0.05) is 74.5 Å². The van der Waals surface area contributed by atoms with Crippen molar-refractivity contribution in [3.8, 4) is 11.1 Å². The minimum atomic E-state index is 0.0213. The van der Waals surface area contributed by atoms with E-state index >= 15 is 0 Å². The van der Waals surface area contributed by atoms with E-state index in [2.05, 4.69) is 97.2 Å². The summed E-state index contributed by atoms with van der Waals surface area (Å²) in [5, 5.41) is 6.74. The van der Waals surface area contributed by atoms with Crippen molar-refractivity contribution in [1.82, 2.24) is 4.40 Å². The topological polar surface area (TPSA) is 4.41 Å². The van der Waals surface area contributed by atoms with Crippen LogP contribution in [0.25, 0.3) is 49.1 Å². The van der Waals surface area contributed by atoms with E-state index in [4.69, 9.17) is 0 Å². The summed E-state index contributed by atoms with van der Waals surface area (Å²) < 4.78 is 2.42. The average molecular weight is 357 g/mol. The van der Waals surface area contributed by atoms with E-state index in [1.165, 1.54) is 60.2 Å². The molecule has 1 nitrogen and oxygen atoms in total. The van der Waals surface area contributed by atoms with Crippen LogP contribution in [0.5, 0.6) is 0 Å². The Balaban J connectivity index is 1.76. The third-order valence-corrected chi connectivity index (χ3v) is 6.92. The maximum atomic E-state index is 2.45. The SMILES string of the molecule is CC1(C)c2ccccc2-c2cc3c4ccc5ccccc5c4n4ccc(c21)c34. The van der Waals surface area contributed by atoms with Crippen LogP contribution in [-0.4, -0.2) is 4.40 Å². The van der Waals surface area contributed by atoms with Gasteiger partial charge in [0.05, 0.1) is 11.0 Å². The van der Waals surface area contributed by atoms with Gasteiger partial charge >= 0.3 is 0 Å². The lowest BCUT2D eigenvalue weighted by atomic mass is 9.81. The predicted molar refractivity (Wildman–Crippen MR) is 119 cm³/mol. The van der Waals surface area contributed by atoms with Crippen molar-refractivity contribution in [3.05, 3.63) is 90.1 Å². The molecule has 0 amide bonds. The second-order valence-corrected chi connectivity index (χ2v) is 8.65. The Morgan fingerprint density at radius 2 is 1.43 bits per heavy atom. The zero-order chi connectivity index (χ0) is 18.6. The second kappa shape index (κ2) is 4.56. The van der Waals surface area contributed by atoms with Crippen LogP contribution in [0.1, 0.15) is 25.0 Å². The van der Waals surface area contributed by atoms with E-state index in [1.807, 2.05) is 0 Å². The maximum absolute atomic E-state index is 2.45. The largest absolute Gasteiger partial charge is 0.315 e. The molecule has 2 heterocycles. The van der Waals surface area contributed by atoms with E-state index in [0.29, 0.717) is 0 Å². The smallest absolute Gasteiger partial charge is 0.0613 e. The molecule has 4 aromatic carbocycles. The summed E-state index contributed by atoms with van der Waals surface area (Å²) in [5.41, 5.74) is 8.43. The number of benzene rings is 4. The van der Waals surface area contributed by atoms with Crippen molar-refractivity contribution in [1.29, 1.82) is 0 Å². The molecule has 0 fully saturated rings. The molecule has 1 aliphatic rings. The van der Waals surface area contributed by atoms with Crippen molar-refractivity contribution >= 4 is 38.0 Å². The van der Waals surface area contributed by atoms with Gasteiger partial charge in [0, 0.05) is 33.2 Å². The molecule has 1 heteroatoms. The number of aromatic nitrogens is 1. The summed E-state index contributed by atoms with van der Waals surface area (Å²) in [7, 11) is 0. The Morgan fingerprint density at radius 1 is 0.643 bits per heavy atom. The fourth-order valence-electron chi connectivity index (χ4n) is 5.75. The highest BCUT2D eigenvalue weighted by Crippen LogP contribution is 2.53. The summed E-state index contributed by atoms with van der Waals surface area (Å²) in [6.45, 7) is 4.74. The first-order chi connectivity index (χ1) is 13.7. The number of rotatable bonds is 0. The summed E-state index contributed by atoms with van der Waals surface area (Å²) >= 11 is 0. The fourth-order valence-corrected chi connectivity index (χ4v) is 5.75. The van der Waals surface area contributed by atoms with Crippen LogP contribution >= 0.6 is 0 Å². The van der Waals surface area contributed by atoms with Crippen molar-refractivity contribution in [3.63, 3.8) is 0 Å². The zero-order valence-electron chi connectivity index (χ0n) is 16.0. The molecule has 0 saturated carbocycles. The van der Waals surface area contributed by atoms with Gasteiger partial charge in [-0.05, 0) is 39.8 Å². The van der Waals surface area contributed by atoms with Gasteiger partial charge in [0.25, 0.3) is 0 Å². The highest BCUT2D eigenvalue weighted by molar-refractivity contribution is 6.23. The van der Waals surface area contributed by atoms with Crippen molar-refractivity contribution in [2.45, 2.75) is 19.3 Å². The molecule has 0 unspecified atom stereocenters. The molecule has 0 radical (unpaired) electrons. The van der Waals surface area contributed by atoms with Gasteiger partial charge in [0.2, 0.25) is 0 Å². The minimum Gasteiger partial charge on any atom is -0.315 e. The summed E-state index contributed by atoms with van der Waals surface area (Å²) in [6, 6.07) is 27.0. The first kappa shape index (κ1) is 14.7. The van der Waals surface area contributed by atoms with Crippen molar-refractivity contribution in [2.75, 3.05) is 0 Å². The molecule has 0 saturated heterocycles. The Kier molecular flexibility index (Phi) is 2.39. The number of hydrogen-bond donors (Lipinski definition) is 0. The Morgan fingerprint density at radius 3 is 2.36 bits per heavy atom. The number of hydrogen-bond acceptors (Lipinski definition) is 0. The van der Waals surface area contributed by atoms with E-state index < -0.39 is 0 Å². The van der Waals surface area contributed by atoms with Gasteiger partial charge in [-0.15, -0.1) is 0 Å². The van der Waals surface area contributed by atoms with Gasteiger partial charge in [0.1, 0.15) is 0 Å². The molecule has 0 N–H and O–H groups in total. The molecule has 132 valence electrons. The van der Waals surface area contributed by atoms with E-state index in [-0.39, 0.29) is 5.41 Å². The van der Waals surface area contributed by atoms with Gasteiger partial charge in [-0.2, -0.15) is 0 Å². The average Bonchev–Trinajstić information content (AvgIpc) is 3.35. The van der Waals surface area contributed by atoms with Crippen LogP contribution in [0.4, 0.5) is 0 Å². The molecule has 0 bridgehead atoms. The van der Waals surface area contributed by atoms with Crippen LogP contribution < -0.4 is 0 Å². The predicted octanol–water partition coefficient (Wildman–Crippen LogP) is 7.14. The molecule has 0 atom stereocenters. The first-order valence-corrected chi connectivity index (χ1v) is 9.97. The molecular formula is C27H19N. The lowest BCUT2D eigenvalue weighted by Crippen LogP contribution is -2.15. The first-order valence-electron chi connectivity index (χ1n) is 9.97. The molecule has 7 rings (SSSR count). The van der Waals surface area contributed by atoms with E-state index in [9.17, 15) is 0 Å². The highest BCUT2D eigenvalue weighted by atomic mass is 14.9. The molecule has 6 aromatic rings. The summed E-state index contributed by atoms with van der Waals surface area (Å²) in [6.07, 6.45) is 2.27. The third kappa shape index (κ3) is 1.49. The number of nitrogens with zero attached hydrogens (tertiary/aromatic N) is 1. The lowest BCUT2D eigenvalue weighted by Gasteiger charge is -2.22. The zero-order valence-corrected chi connectivity index (χ0v) is 16.0. The van der Waals surface area contributed by atoms with Crippen LogP contribution in [0, 0.1) is 0 Å². The molecule has 28 heavy (non-hydrogen) atoms. The van der Waals surface area contributed by atoms with Crippen LogP contribution in [0.15, 0.2) is 79.0 Å². The van der Waals surface area contributed by atoms with Gasteiger partial charge in [-0.25, -0.2) is 0 Å². The Labute approximate surface area is 163 Å². The summed E-state index contributed by atoms with van der Waals surface area (Å²) in [4.78, 5) is 0. The standard InChI is InChI=1S/C27H19N/c1-27(2)23-10-6-5-9-18(23)21-15-22-19-12-11-16-7-3-4-8-17(16)25(19)28-14-13-20(24(21)27)26(22)28/h3-15H,1-2H3. The van der Waals surface area contributed by atoms with E-state index in [1.54, 1.807) is 0 Å². The van der Waals surface area contributed by atoms with Gasteiger partial charge < -0.3 is 4.40 Å². The van der Waals surface area contributed by atoms with Gasteiger partial charge in [-0.3, -0.25) is 0 Å². The second-order valence-electron chi connectivity index (χ2n) is 8.65. The van der Waals surface area contributed by atoms with Crippen molar-refractivity contribution < 1.29 is 0 Å². The number of fused-ring (bicyclic) bond motifs is 9. The highest BCUT2D eigenvalue weighted by Gasteiger charge is 2.37. The van der Waals surface area contributed by atoms with Crippen LogP contribution in [-0.2, 0) is 5.41 Å². The molecule has 1 aliphatic carbocycles. The Hall–Kier alpha value is -3.32. The monoisotopic (exact) mass is 357 g/mol. The normalized spacial score (nSPS) is 15.1. The third-order valence-electron chi connectivity index (χ3n) is 6.92. The van der Waals surface area contributed by atoms with E-state index in [0.717, 1.165) is 0 Å². The summed E-state index contributed by atoms with van der Waals surface area (Å²) in [5.74, 6) is 0. The molecule has 2 aromatic heterocycles. The van der Waals surface area contributed by atoms with Crippen LogP contribution in [0.2, 0.25) is 0 Å². The van der Waals surface area contributed by atoms with Gasteiger partial charge in [0.15, 0.2) is 0 Å². The molecule has 0 spiro atoms. The van der Waals surface area contributed by atoms with Crippen LogP contribution in [0.3, 0.4) is 0 Å². The minimum absolute atomic E-state index is 0.0213. The maximum Gasteiger partial charge on any atom is 0.0613 e. The van der Waals surface area contributed by atoms with Crippen molar-refractivity contribution in [2.24, 2.45) is 0 Å². The molecular weight excluding hydrogens is 338 g/mol. The quantitative estimate of drug-likeness (QED) is 0.272. The molecule has 0 aliphatic heterocycles. The fraction of sp³-hybridized carbons (Fsp3) is 0.111. The lowest BCUT2D eigenvalue weighted by molar-refractivity contribution is 0.666.